The zero-order valence-corrected chi connectivity index (χ0v) is 11.7. The highest BCUT2D eigenvalue weighted by molar-refractivity contribution is 6.42. The molecule has 3 aromatic rings. The molecular weight excluding hydrogens is 281 g/mol. The topological polar surface area (TPSA) is 43.3 Å². The lowest BCUT2D eigenvalue weighted by atomic mass is 10.2. The van der Waals surface area contributed by atoms with Crippen molar-refractivity contribution < 1.29 is 0 Å². The minimum atomic E-state index is 0.521. The number of anilines is 1. The molecule has 0 amide bonds. The SMILES string of the molecule is Cc1cc(N)cn2cc(-c3ccc(Cl)c(Cl)c3)nc12. The zero-order valence-electron chi connectivity index (χ0n) is 10.2. The highest BCUT2D eigenvalue weighted by Crippen LogP contribution is 2.28. The van der Waals surface area contributed by atoms with Gasteiger partial charge in [-0.05, 0) is 30.7 Å². The van der Waals surface area contributed by atoms with Crippen LogP contribution < -0.4 is 5.73 Å². The summed E-state index contributed by atoms with van der Waals surface area (Å²) < 4.78 is 1.92. The molecular formula is C14H11Cl2N3. The molecule has 0 spiro atoms. The average molecular weight is 292 g/mol. The fraction of sp³-hybridized carbons (Fsp3) is 0.0714. The van der Waals surface area contributed by atoms with Crippen LogP contribution >= 0.6 is 23.2 Å². The van der Waals surface area contributed by atoms with Gasteiger partial charge in [-0.3, -0.25) is 0 Å². The Bertz CT molecular complexity index is 778. The number of nitrogens with zero attached hydrogens (tertiary/aromatic N) is 2. The summed E-state index contributed by atoms with van der Waals surface area (Å²) in [5.74, 6) is 0. The summed E-state index contributed by atoms with van der Waals surface area (Å²) >= 11 is 12.0. The number of fused-ring (bicyclic) bond motifs is 1. The number of aromatic nitrogens is 2. The molecule has 3 nitrogen and oxygen atoms in total. The third-order valence-electron chi connectivity index (χ3n) is 2.97. The Morgan fingerprint density at radius 1 is 1.11 bits per heavy atom. The third-order valence-corrected chi connectivity index (χ3v) is 3.71. The first-order chi connectivity index (χ1) is 9.04. The Morgan fingerprint density at radius 2 is 1.89 bits per heavy atom. The summed E-state index contributed by atoms with van der Waals surface area (Å²) in [7, 11) is 0. The summed E-state index contributed by atoms with van der Waals surface area (Å²) in [6, 6.07) is 7.38. The van der Waals surface area contributed by atoms with Crippen molar-refractivity contribution in [3.05, 3.63) is 52.3 Å². The lowest BCUT2D eigenvalue weighted by molar-refractivity contribution is 1.17. The lowest BCUT2D eigenvalue weighted by Crippen LogP contribution is -1.92. The molecule has 1 aromatic carbocycles. The van der Waals surface area contributed by atoms with Crippen molar-refractivity contribution in [3.63, 3.8) is 0 Å². The summed E-state index contributed by atoms with van der Waals surface area (Å²) in [5.41, 5.74) is 10.2. The number of aryl methyl sites for hydroxylation is 1. The van der Waals surface area contributed by atoms with Gasteiger partial charge in [0.1, 0.15) is 5.65 Å². The Hall–Kier alpha value is -1.71. The quantitative estimate of drug-likeness (QED) is 0.730. The van der Waals surface area contributed by atoms with Gasteiger partial charge in [-0.25, -0.2) is 4.98 Å². The van der Waals surface area contributed by atoms with E-state index in [2.05, 4.69) is 4.98 Å². The number of nitrogen functional groups attached to an aromatic ring is 1. The summed E-state index contributed by atoms with van der Waals surface area (Å²) in [6.07, 6.45) is 3.77. The van der Waals surface area contributed by atoms with E-state index in [9.17, 15) is 0 Å². The van der Waals surface area contributed by atoms with Crippen LogP contribution in [-0.2, 0) is 0 Å². The van der Waals surface area contributed by atoms with E-state index in [4.69, 9.17) is 28.9 Å². The van der Waals surface area contributed by atoms with E-state index < -0.39 is 0 Å². The van der Waals surface area contributed by atoms with Gasteiger partial charge in [-0.2, -0.15) is 0 Å². The maximum atomic E-state index is 6.03. The number of imidazole rings is 1. The number of hydrogen-bond acceptors (Lipinski definition) is 2. The van der Waals surface area contributed by atoms with Crippen LogP contribution in [-0.4, -0.2) is 9.38 Å². The third kappa shape index (κ3) is 2.15. The number of halogens is 2. The molecule has 0 saturated heterocycles. The number of nitrogens with two attached hydrogens (primary N) is 1. The molecule has 2 aromatic heterocycles. The molecule has 2 heterocycles. The summed E-state index contributed by atoms with van der Waals surface area (Å²) in [4.78, 5) is 4.60. The number of pyridine rings is 1. The predicted octanol–water partition coefficient (Wildman–Crippen LogP) is 4.20. The van der Waals surface area contributed by atoms with Gasteiger partial charge in [0.25, 0.3) is 0 Å². The van der Waals surface area contributed by atoms with Gasteiger partial charge >= 0.3 is 0 Å². The molecule has 96 valence electrons. The van der Waals surface area contributed by atoms with Crippen LogP contribution in [0.15, 0.2) is 36.7 Å². The minimum Gasteiger partial charge on any atom is -0.398 e. The monoisotopic (exact) mass is 291 g/mol. The second-order valence-corrected chi connectivity index (χ2v) is 5.26. The number of rotatable bonds is 1. The van der Waals surface area contributed by atoms with Crippen LogP contribution in [0.5, 0.6) is 0 Å². The molecule has 2 N–H and O–H groups in total. The van der Waals surface area contributed by atoms with Gasteiger partial charge in [-0.1, -0.05) is 29.3 Å². The second-order valence-electron chi connectivity index (χ2n) is 4.44. The van der Waals surface area contributed by atoms with Gasteiger partial charge in [0.2, 0.25) is 0 Å². The summed E-state index contributed by atoms with van der Waals surface area (Å²) in [5, 5.41) is 1.06. The molecule has 0 radical (unpaired) electrons. The van der Waals surface area contributed by atoms with Crippen molar-refractivity contribution in [1.29, 1.82) is 0 Å². The van der Waals surface area contributed by atoms with Gasteiger partial charge in [0, 0.05) is 23.6 Å². The molecule has 19 heavy (non-hydrogen) atoms. The Kier molecular flexibility index (Phi) is 2.88. The maximum Gasteiger partial charge on any atom is 0.140 e. The zero-order chi connectivity index (χ0) is 13.6. The molecule has 0 aliphatic carbocycles. The molecule has 0 aliphatic rings. The first kappa shape index (κ1) is 12.3. The van der Waals surface area contributed by atoms with E-state index in [1.165, 1.54) is 0 Å². The molecule has 5 heteroatoms. The number of benzene rings is 1. The molecule has 0 fully saturated rings. The Morgan fingerprint density at radius 3 is 2.63 bits per heavy atom. The highest BCUT2D eigenvalue weighted by atomic mass is 35.5. The second kappa shape index (κ2) is 4.44. The van der Waals surface area contributed by atoms with E-state index in [0.717, 1.165) is 22.5 Å². The largest absolute Gasteiger partial charge is 0.398 e. The summed E-state index contributed by atoms with van der Waals surface area (Å²) in [6.45, 7) is 1.98. The average Bonchev–Trinajstić information content (AvgIpc) is 2.76. The maximum absolute atomic E-state index is 6.03. The lowest BCUT2D eigenvalue weighted by Gasteiger charge is -1.99. The molecule has 3 rings (SSSR count). The van der Waals surface area contributed by atoms with Crippen LogP contribution in [0.25, 0.3) is 16.9 Å². The van der Waals surface area contributed by atoms with Crippen molar-refractivity contribution in [2.24, 2.45) is 0 Å². The van der Waals surface area contributed by atoms with Gasteiger partial charge in [0.15, 0.2) is 0 Å². The van der Waals surface area contributed by atoms with Crippen molar-refractivity contribution in [1.82, 2.24) is 9.38 Å². The van der Waals surface area contributed by atoms with Crippen LogP contribution in [0.4, 0.5) is 5.69 Å². The van der Waals surface area contributed by atoms with Gasteiger partial charge in [-0.15, -0.1) is 0 Å². The first-order valence-electron chi connectivity index (χ1n) is 5.75. The van der Waals surface area contributed by atoms with E-state index in [-0.39, 0.29) is 0 Å². The van der Waals surface area contributed by atoms with Gasteiger partial charge in [0.05, 0.1) is 15.7 Å². The minimum absolute atomic E-state index is 0.521. The molecule has 0 atom stereocenters. The fourth-order valence-corrected chi connectivity index (χ4v) is 2.39. The van der Waals surface area contributed by atoms with Crippen LogP contribution in [0.1, 0.15) is 5.56 Å². The predicted molar refractivity (Wildman–Crippen MR) is 79.8 cm³/mol. The normalized spacial score (nSPS) is 11.1. The molecule has 0 unspecified atom stereocenters. The van der Waals surface area contributed by atoms with E-state index in [1.54, 1.807) is 6.07 Å². The van der Waals surface area contributed by atoms with Crippen molar-refractivity contribution in [2.45, 2.75) is 6.92 Å². The van der Waals surface area contributed by atoms with Crippen LogP contribution in [0.3, 0.4) is 0 Å². The fourth-order valence-electron chi connectivity index (χ4n) is 2.09. The van der Waals surface area contributed by atoms with Crippen LogP contribution in [0.2, 0.25) is 10.0 Å². The van der Waals surface area contributed by atoms with E-state index in [0.29, 0.717) is 15.7 Å². The Labute approximate surface area is 120 Å². The van der Waals surface area contributed by atoms with E-state index >= 15 is 0 Å². The molecule has 0 aliphatic heterocycles. The molecule has 0 saturated carbocycles. The van der Waals surface area contributed by atoms with Crippen molar-refractivity contribution >= 4 is 34.5 Å². The van der Waals surface area contributed by atoms with Crippen molar-refractivity contribution in [2.75, 3.05) is 5.73 Å². The Balaban J connectivity index is 2.20. The van der Waals surface area contributed by atoms with Crippen LogP contribution in [0, 0.1) is 6.92 Å². The number of hydrogen-bond donors (Lipinski definition) is 1. The standard InChI is InChI=1S/C14H11Cl2N3/c1-8-4-10(17)6-19-7-13(18-14(8)19)9-2-3-11(15)12(16)5-9/h2-7H,17H2,1H3. The van der Waals surface area contributed by atoms with E-state index in [1.807, 2.05) is 41.9 Å². The first-order valence-corrected chi connectivity index (χ1v) is 6.50. The van der Waals surface area contributed by atoms with Crippen molar-refractivity contribution in [3.8, 4) is 11.3 Å². The smallest absolute Gasteiger partial charge is 0.140 e. The highest BCUT2D eigenvalue weighted by Gasteiger charge is 2.08. The molecule has 0 bridgehead atoms. The van der Waals surface area contributed by atoms with Gasteiger partial charge < -0.3 is 10.1 Å².